The zero-order valence-electron chi connectivity index (χ0n) is 8.57. The number of aliphatic hydroxyl groups excluding tert-OH is 1. The predicted octanol–water partition coefficient (Wildman–Crippen LogP) is -0.188. The minimum atomic E-state index is -0.931. The number of nitrogens with zero attached hydrogens (tertiary/aromatic N) is 3. The topological polar surface area (TPSA) is 104 Å². The highest BCUT2D eigenvalue weighted by Gasteiger charge is 2.31. The van der Waals surface area contributed by atoms with E-state index >= 15 is 0 Å². The zero-order valence-corrected chi connectivity index (χ0v) is 10.2. The van der Waals surface area contributed by atoms with Gasteiger partial charge in [-0.15, -0.1) is 10.2 Å². The van der Waals surface area contributed by atoms with Gasteiger partial charge in [-0.05, 0) is 0 Å². The molecule has 7 nitrogen and oxygen atoms in total. The minimum Gasteiger partial charge on any atom is -0.481 e. The Morgan fingerprint density at radius 3 is 2.94 bits per heavy atom. The van der Waals surface area contributed by atoms with Crippen molar-refractivity contribution in [2.75, 3.05) is 17.2 Å². The summed E-state index contributed by atoms with van der Waals surface area (Å²) in [5.74, 6) is -1.21. The second-order valence-corrected chi connectivity index (χ2v) is 5.57. The molecule has 1 aliphatic rings. The van der Waals surface area contributed by atoms with Gasteiger partial charge in [0.15, 0.2) is 4.34 Å². The summed E-state index contributed by atoms with van der Waals surface area (Å²) in [5, 5.41) is 25.8. The van der Waals surface area contributed by atoms with Crippen LogP contribution < -0.4 is 4.90 Å². The van der Waals surface area contributed by atoms with E-state index in [1.165, 1.54) is 4.90 Å². The number of aliphatic hydroxyl groups is 1. The summed E-state index contributed by atoms with van der Waals surface area (Å²) >= 11 is 2.20. The van der Waals surface area contributed by atoms with Crippen molar-refractivity contribution in [2.45, 2.75) is 16.9 Å². The molecule has 0 radical (unpaired) electrons. The molecule has 1 saturated heterocycles. The Labute approximate surface area is 104 Å². The first kappa shape index (κ1) is 12.3. The van der Waals surface area contributed by atoms with Gasteiger partial charge in [0.05, 0.1) is 24.8 Å². The molecule has 1 aromatic rings. The first-order valence-corrected chi connectivity index (χ1v) is 6.53. The highest BCUT2D eigenvalue weighted by Crippen LogP contribution is 2.30. The molecule has 1 atom stereocenters. The summed E-state index contributed by atoms with van der Waals surface area (Å²) in [6, 6.07) is 0. The summed E-state index contributed by atoms with van der Waals surface area (Å²) in [6.07, 6.45) is -0.571. The standard InChI is InChI=1S/C8H9N3O4S2/c12-4-1-5(13)11(2-4)7-9-10-8(17-7)16-3-6(14)15/h4,12H,1-3H2,(H,14,15). The Morgan fingerprint density at radius 2 is 2.35 bits per heavy atom. The lowest BCUT2D eigenvalue weighted by Crippen LogP contribution is -2.24. The molecule has 0 aromatic carbocycles. The number of carbonyl (C=O) groups is 2. The molecule has 0 spiro atoms. The second kappa shape index (κ2) is 4.98. The summed E-state index contributed by atoms with van der Waals surface area (Å²) < 4.78 is 0.497. The molecular weight excluding hydrogens is 266 g/mol. The van der Waals surface area contributed by atoms with Gasteiger partial charge in [-0.2, -0.15) is 0 Å². The Bertz CT molecular complexity index is 450. The van der Waals surface area contributed by atoms with Gasteiger partial charge in [-0.25, -0.2) is 0 Å². The lowest BCUT2D eigenvalue weighted by atomic mass is 10.3. The van der Waals surface area contributed by atoms with Crippen LogP contribution in [0, 0.1) is 0 Å². The average molecular weight is 275 g/mol. The van der Waals surface area contributed by atoms with Gasteiger partial charge in [0.25, 0.3) is 0 Å². The van der Waals surface area contributed by atoms with E-state index in [1.807, 2.05) is 0 Å². The number of aromatic nitrogens is 2. The smallest absolute Gasteiger partial charge is 0.313 e. The van der Waals surface area contributed by atoms with Crippen LogP contribution in [0.4, 0.5) is 5.13 Å². The van der Waals surface area contributed by atoms with Crippen molar-refractivity contribution < 1.29 is 19.8 Å². The molecule has 0 bridgehead atoms. The van der Waals surface area contributed by atoms with Crippen LogP contribution in [0.1, 0.15) is 6.42 Å². The molecule has 1 unspecified atom stereocenters. The molecule has 9 heteroatoms. The molecule has 1 aliphatic heterocycles. The van der Waals surface area contributed by atoms with Gasteiger partial charge < -0.3 is 10.2 Å². The third kappa shape index (κ3) is 2.93. The number of carboxylic acids is 1. The van der Waals surface area contributed by atoms with E-state index in [1.54, 1.807) is 0 Å². The largest absolute Gasteiger partial charge is 0.481 e. The van der Waals surface area contributed by atoms with Crippen LogP contribution in [0.3, 0.4) is 0 Å². The van der Waals surface area contributed by atoms with Gasteiger partial charge in [0.1, 0.15) is 0 Å². The van der Waals surface area contributed by atoms with Crippen molar-refractivity contribution >= 4 is 40.1 Å². The summed E-state index contributed by atoms with van der Waals surface area (Å²) in [7, 11) is 0. The van der Waals surface area contributed by atoms with E-state index in [-0.39, 0.29) is 24.6 Å². The van der Waals surface area contributed by atoms with E-state index in [0.29, 0.717) is 9.47 Å². The number of amides is 1. The number of carboxylic acid groups (broad SMARTS) is 1. The van der Waals surface area contributed by atoms with Gasteiger partial charge in [0.2, 0.25) is 11.0 Å². The highest BCUT2D eigenvalue weighted by molar-refractivity contribution is 8.01. The fourth-order valence-electron chi connectivity index (χ4n) is 1.37. The molecule has 0 saturated carbocycles. The molecule has 0 aliphatic carbocycles. The van der Waals surface area contributed by atoms with Crippen molar-refractivity contribution in [3.05, 3.63) is 0 Å². The van der Waals surface area contributed by atoms with Crippen LogP contribution in [-0.2, 0) is 9.59 Å². The number of hydrogen-bond acceptors (Lipinski definition) is 7. The van der Waals surface area contributed by atoms with Crippen molar-refractivity contribution in [3.63, 3.8) is 0 Å². The highest BCUT2D eigenvalue weighted by atomic mass is 32.2. The Morgan fingerprint density at radius 1 is 1.59 bits per heavy atom. The molecule has 1 aromatic heterocycles. The van der Waals surface area contributed by atoms with E-state index in [9.17, 15) is 14.7 Å². The summed E-state index contributed by atoms with van der Waals surface area (Å²) in [6.45, 7) is 0.219. The average Bonchev–Trinajstić information content (AvgIpc) is 2.82. The zero-order chi connectivity index (χ0) is 12.4. The van der Waals surface area contributed by atoms with Crippen molar-refractivity contribution in [2.24, 2.45) is 0 Å². The Hall–Kier alpha value is -1.19. The van der Waals surface area contributed by atoms with E-state index in [4.69, 9.17) is 5.11 Å². The number of aliphatic carboxylic acids is 1. The van der Waals surface area contributed by atoms with Gasteiger partial charge in [-0.3, -0.25) is 14.5 Å². The third-order valence-electron chi connectivity index (χ3n) is 2.05. The van der Waals surface area contributed by atoms with Gasteiger partial charge in [0, 0.05) is 0 Å². The number of thioether (sulfide) groups is 1. The number of β-amino-alcohol motifs (C(OH)–C–C–N with tert-alkyl or cyclic N) is 1. The monoisotopic (exact) mass is 275 g/mol. The normalized spacial score (nSPS) is 19.9. The van der Waals surface area contributed by atoms with Crippen LogP contribution in [0.5, 0.6) is 0 Å². The lowest BCUT2D eigenvalue weighted by molar-refractivity contribution is -0.133. The second-order valence-electron chi connectivity index (χ2n) is 3.40. The molecule has 1 fully saturated rings. The number of carbonyl (C=O) groups excluding carboxylic acids is 1. The maximum absolute atomic E-state index is 11.5. The Balaban J connectivity index is 2.03. The molecule has 2 rings (SSSR count). The van der Waals surface area contributed by atoms with E-state index in [2.05, 4.69) is 10.2 Å². The van der Waals surface area contributed by atoms with Crippen LogP contribution in [0.2, 0.25) is 0 Å². The van der Waals surface area contributed by atoms with Crippen LogP contribution in [0.15, 0.2) is 4.34 Å². The predicted molar refractivity (Wildman–Crippen MR) is 61.2 cm³/mol. The third-order valence-corrected chi connectivity index (χ3v) is 4.11. The number of rotatable bonds is 4. The lowest BCUT2D eigenvalue weighted by Gasteiger charge is -2.09. The summed E-state index contributed by atoms with van der Waals surface area (Å²) in [4.78, 5) is 23.2. The molecule has 17 heavy (non-hydrogen) atoms. The van der Waals surface area contributed by atoms with E-state index in [0.717, 1.165) is 23.1 Å². The minimum absolute atomic E-state index is 0.0921. The summed E-state index contributed by atoms with van der Waals surface area (Å²) in [5.41, 5.74) is 0. The Kier molecular flexibility index (Phi) is 3.60. The molecule has 2 heterocycles. The molecular formula is C8H9N3O4S2. The molecule has 2 N–H and O–H groups in total. The van der Waals surface area contributed by atoms with Crippen LogP contribution >= 0.6 is 23.1 Å². The first-order chi connectivity index (χ1) is 8.06. The molecule has 1 amide bonds. The van der Waals surface area contributed by atoms with Crippen LogP contribution in [0.25, 0.3) is 0 Å². The van der Waals surface area contributed by atoms with Crippen LogP contribution in [-0.4, -0.2) is 50.7 Å². The maximum atomic E-state index is 11.5. The van der Waals surface area contributed by atoms with Crippen molar-refractivity contribution in [1.29, 1.82) is 0 Å². The fraction of sp³-hybridized carbons (Fsp3) is 0.500. The first-order valence-electron chi connectivity index (χ1n) is 4.73. The maximum Gasteiger partial charge on any atom is 0.313 e. The SMILES string of the molecule is O=C(O)CSc1nnc(N2CC(O)CC2=O)s1. The van der Waals surface area contributed by atoms with Crippen molar-refractivity contribution in [1.82, 2.24) is 10.2 Å². The number of anilines is 1. The van der Waals surface area contributed by atoms with Crippen molar-refractivity contribution in [3.8, 4) is 0 Å². The quantitative estimate of drug-likeness (QED) is 0.580. The van der Waals surface area contributed by atoms with Gasteiger partial charge >= 0.3 is 5.97 Å². The van der Waals surface area contributed by atoms with E-state index < -0.39 is 12.1 Å². The van der Waals surface area contributed by atoms with Gasteiger partial charge in [-0.1, -0.05) is 23.1 Å². The molecule has 92 valence electrons. The number of hydrogen-bond donors (Lipinski definition) is 2. The fourth-order valence-corrected chi connectivity index (χ4v) is 2.95.